The van der Waals surface area contributed by atoms with Crippen molar-refractivity contribution in [3.05, 3.63) is 66.1 Å². The number of pyridine rings is 1. The number of para-hydroxylation sites is 1. The predicted molar refractivity (Wildman–Crippen MR) is 89.0 cm³/mol. The highest BCUT2D eigenvalue weighted by molar-refractivity contribution is 7.99. The highest BCUT2D eigenvalue weighted by Gasteiger charge is 2.31. The van der Waals surface area contributed by atoms with Gasteiger partial charge in [-0.05, 0) is 23.8 Å². The van der Waals surface area contributed by atoms with Gasteiger partial charge >= 0.3 is 0 Å². The molecule has 0 aliphatic carbocycles. The van der Waals surface area contributed by atoms with E-state index in [0.717, 1.165) is 22.2 Å². The summed E-state index contributed by atoms with van der Waals surface area (Å²) in [5.41, 5.74) is 2.78. The fourth-order valence-electron chi connectivity index (χ4n) is 2.74. The maximum atomic E-state index is 12.7. The molecule has 1 saturated heterocycles. The summed E-state index contributed by atoms with van der Waals surface area (Å²) in [6.07, 6.45) is 3.61. The van der Waals surface area contributed by atoms with E-state index in [9.17, 15) is 4.79 Å². The Balaban J connectivity index is 1.54. The number of ketones is 1. The number of hydrogen-bond donors (Lipinski definition) is 2. The third kappa shape index (κ3) is 2.42. The molecule has 0 spiro atoms. The first-order chi connectivity index (χ1) is 10.8. The number of nitrogens with one attached hydrogen (secondary N) is 2. The predicted octanol–water partition coefficient (Wildman–Crippen LogP) is 3.15. The summed E-state index contributed by atoms with van der Waals surface area (Å²) >= 11 is 1.75. The number of aromatic amines is 1. The largest absolute Gasteiger partial charge is 0.352 e. The van der Waals surface area contributed by atoms with Gasteiger partial charge in [-0.3, -0.25) is 15.1 Å². The van der Waals surface area contributed by atoms with E-state index in [2.05, 4.69) is 15.3 Å². The van der Waals surface area contributed by atoms with Crippen molar-refractivity contribution in [2.24, 2.45) is 0 Å². The molecule has 0 radical (unpaired) electrons. The van der Waals surface area contributed by atoms with Crippen LogP contribution in [0.25, 0.3) is 10.9 Å². The SMILES string of the molecule is O=C(c1cc2ccccc2[nH]1)C1CSC(c2cccnc2)N1. The number of hydrogen-bond acceptors (Lipinski definition) is 4. The molecule has 1 fully saturated rings. The second-order valence-electron chi connectivity index (χ2n) is 5.35. The van der Waals surface area contributed by atoms with Gasteiger partial charge < -0.3 is 4.98 Å². The number of aromatic nitrogens is 2. The Hall–Kier alpha value is -2.11. The minimum absolute atomic E-state index is 0.120. The summed E-state index contributed by atoms with van der Waals surface area (Å²) in [7, 11) is 0. The number of fused-ring (bicyclic) bond motifs is 1. The van der Waals surface area contributed by atoms with E-state index in [0.29, 0.717) is 5.69 Å². The molecular formula is C17H15N3OS. The van der Waals surface area contributed by atoms with Crippen molar-refractivity contribution in [2.75, 3.05) is 5.75 Å². The van der Waals surface area contributed by atoms with Crippen molar-refractivity contribution in [3.8, 4) is 0 Å². The van der Waals surface area contributed by atoms with Crippen LogP contribution in [0.2, 0.25) is 0 Å². The summed E-state index contributed by atoms with van der Waals surface area (Å²) in [6.45, 7) is 0. The lowest BCUT2D eigenvalue weighted by Gasteiger charge is -2.11. The van der Waals surface area contributed by atoms with Crippen molar-refractivity contribution in [1.29, 1.82) is 0 Å². The first-order valence-corrected chi connectivity index (χ1v) is 8.26. The van der Waals surface area contributed by atoms with Gasteiger partial charge in [0.2, 0.25) is 0 Å². The molecule has 2 unspecified atom stereocenters. The monoisotopic (exact) mass is 309 g/mol. The normalized spacial score (nSPS) is 21.3. The second kappa shape index (κ2) is 5.59. The number of carbonyl (C=O) groups excluding carboxylic acids is 1. The van der Waals surface area contributed by atoms with Crippen molar-refractivity contribution < 1.29 is 4.79 Å². The molecule has 1 aromatic carbocycles. The maximum absolute atomic E-state index is 12.7. The zero-order valence-electron chi connectivity index (χ0n) is 11.8. The van der Waals surface area contributed by atoms with Gasteiger partial charge in [0.1, 0.15) is 0 Å². The van der Waals surface area contributed by atoms with Crippen LogP contribution in [0, 0.1) is 0 Å². The molecule has 1 aliphatic heterocycles. The second-order valence-corrected chi connectivity index (χ2v) is 6.49. The van der Waals surface area contributed by atoms with Crippen LogP contribution in [0.4, 0.5) is 0 Å². The molecule has 0 amide bonds. The Morgan fingerprint density at radius 2 is 2.14 bits per heavy atom. The van der Waals surface area contributed by atoms with Gasteiger partial charge in [-0.25, -0.2) is 0 Å². The molecule has 110 valence electrons. The Morgan fingerprint density at radius 3 is 2.95 bits per heavy atom. The van der Waals surface area contributed by atoms with Crippen LogP contribution in [0.1, 0.15) is 21.4 Å². The molecule has 2 N–H and O–H groups in total. The molecular weight excluding hydrogens is 294 g/mol. The van der Waals surface area contributed by atoms with Crippen molar-refractivity contribution in [2.45, 2.75) is 11.4 Å². The number of benzene rings is 1. The zero-order chi connectivity index (χ0) is 14.9. The van der Waals surface area contributed by atoms with E-state index in [1.165, 1.54) is 0 Å². The van der Waals surface area contributed by atoms with E-state index >= 15 is 0 Å². The number of nitrogens with zero attached hydrogens (tertiary/aromatic N) is 1. The Morgan fingerprint density at radius 1 is 1.23 bits per heavy atom. The van der Waals surface area contributed by atoms with Gasteiger partial charge in [-0.15, -0.1) is 11.8 Å². The summed E-state index contributed by atoms with van der Waals surface area (Å²) in [5.74, 6) is 0.892. The van der Waals surface area contributed by atoms with Gasteiger partial charge in [0.25, 0.3) is 0 Å². The van der Waals surface area contributed by atoms with E-state index < -0.39 is 0 Å². The third-order valence-corrected chi connectivity index (χ3v) is 5.15. The first-order valence-electron chi connectivity index (χ1n) is 7.21. The Kier molecular flexibility index (Phi) is 3.44. The molecule has 22 heavy (non-hydrogen) atoms. The van der Waals surface area contributed by atoms with Crippen LogP contribution < -0.4 is 5.32 Å². The van der Waals surface area contributed by atoms with E-state index in [1.54, 1.807) is 18.0 Å². The first kappa shape index (κ1) is 13.5. The minimum atomic E-state index is -0.164. The average Bonchev–Trinajstić information content (AvgIpc) is 3.22. The van der Waals surface area contributed by atoms with Gasteiger partial charge in [0.15, 0.2) is 5.78 Å². The number of Topliss-reactive ketones (excluding diaryl/α,β-unsaturated/α-hetero) is 1. The van der Waals surface area contributed by atoms with Crippen molar-refractivity contribution in [3.63, 3.8) is 0 Å². The molecule has 3 aromatic rings. The molecule has 5 heteroatoms. The fraction of sp³-hybridized carbons (Fsp3) is 0.176. The molecule has 3 heterocycles. The van der Waals surface area contributed by atoms with Gasteiger partial charge in [0.05, 0.1) is 17.1 Å². The Labute approximate surface area is 132 Å². The lowest BCUT2D eigenvalue weighted by Crippen LogP contribution is -2.34. The lowest BCUT2D eigenvalue weighted by atomic mass is 10.1. The fourth-order valence-corrected chi connectivity index (χ4v) is 3.96. The summed E-state index contributed by atoms with van der Waals surface area (Å²) < 4.78 is 0. The number of rotatable bonds is 3. The standard InChI is InChI=1S/C17H15N3OS/c21-16(14-8-11-4-1-2-6-13(11)19-14)15-10-22-17(20-15)12-5-3-7-18-9-12/h1-9,15,17,19-20H,10H2. The molecule has 2 aromatic heterocycles. The van der Waals surface area contributed by atoms with E-state index in [4.69, 9.17) is 0 Å². The van der Waals surface area contributed by atoms with Crippen LogP contribution in [0.5, 0.6) is 0 Å². The van der Waals surface area contributed by atoms with Gasteiger partial charge in [0, 0.05) is 29.0 Å². The maximum Gasteiger partial charge on any atom is 0.196 e. The summed E-state index contributed by atoms with van der Waals surface area (Å²) in [6, 6.07) is 13.7. The van der Waals surface area contributed by atoms with Crippen molar-refractivity contribution in [1.82, 2.24) is 15.3 Å². The van der Waals surface area contributed by atoms with Crippen LogP contribution in [-0.4, -0.2) is 27.5 Å². The molecule has 0 bridgehead atoms. The summed E-state index contributed by atoms with van der Waals surface area (Å²) in [5, 5.41) is 4.60. The smallest absolute Gasteiger partial charge is 0.196 e. The van der Waals surface area contributed by atoms with E-state index in [-0.39, 0.29) is 17.2 Å². The molecule has 4 nitrogen and oxygen atoms in total. The number of thioether (sulfide) groups is 1. The average molecular weight is 309 g/mol. The molecule has 0 saturated carbocycles. The number of carbonyl (C=O) groups is 1. The van der Waals surface area contributed by atoms with E-state index in [1.807, 2.05) is 48.7 Å². The van der Waals surface area contributed by atoms with Crippen LogP contribution in [0.15, 0.2) is 54.9 Å². The Bertz CT molecular complexity index is 782. The highest BCUT2D eigenvalue weighted by atomic mass is 32.2. The number of H-pyrrole nitrogens is 1. The molecule has 1 aliphatic rings. The van der Waals surface area contributed by atoms with Crippen LogP contribution in [-0.2, 0) is 0 Å². The minimum Gasteiger partial charge on any atom is -0.352 e. The molecule has 4 rings (SSSR count). The highest BCUT2D eigenvalue weighted by Crippen LogP contribution is 2.33. The van der Waals surface area contributed by atoms with Crippen molar-refractivity contribution >= 4 is 28.4 Å². The van der Waals surface area contributed by atoms with Gasteiger partial charge in [-0.1, -0.05) is 24.3 Å². The zero-order valence-corrected chi connectivity index (χ0v) is 12.6. The lowest BCUT2D eigenvalue weighted by molar-refractivity contribution is 0.0951. The third-order valence-electron chi connectivity index (χ3n) is 3.88. The van der Waals surface area contributed by atoms with Gasteiger partial charge in [-0.2, -0.15) is 0 Å². The van der Waals surface area contributed by atoms with Crippen LogP contribution in [0.3, 0.4) is 0 Å². The molecule has 2 atom stereocenters. The quantitative estimate of drug-likeness (QED) is 0.730. The van der Waals surface area contributed by atoms with Crippen LogP contribution >= 0.6 is 11.8 Å². The summed E-state index contributed by atoms with van der Waals surface area (Å²) in [4.78, 5) is 20.0. The topological polar surface area (TPSA) is 57.8 Å².